The molecule has 4 nitrogen and oxygen atoms in total. The molecule has 78 valence electrons. The highest BCUT2D eigenvalue weighted by molar-refractivity contribution is 7.89. The molecule has 1 aromatic heterocycles. The quantitative estimate of drug-likeness (QED) is 0.803. The van der Waals surface area contributed by atoms with E-state index in [-0.39, 0.29) is 10.0 Å². The summed E-state index contributed by atoms with van der Waals surface area (Å²) in [6.45, 7) is 3.71. The van der Waals surface area contributed by atoms with Gasteiger partial charge in [0, 0.05) is 12.7 Å². The van der Waals surface area contributed by atoms with E-state index >= 15 is 0 Å². The van der Waals surface area contributed by atoms with Gasteiger partial charge in [-0.1, -0.05) is 18.5 Å². The van der Waals surface area contributed by atoms with Gasteiger partial charge in [0.1, 0.15) is 10.0 Å². The van der Waals surface area contributed by atoms with Gasteiger partial charge in [-0.15, -0.1) is 0 Å². The van der Waals surface area contributed by atoms with Crippen molar-refractivity contribution in [3.8, 4) is 0 Å². The lowest BCUT2D eigenvalue weighted by Crippen LogP contribution is -2.24. The summed E-state index contributed by atoms with van der Waals surface area (Å²) in [7, 11) is -3.52. The predicted octanol–water partition coefficient (Wildman–Crippen LogP) is 1.34. The smallest absolute Gasteiger partial charge is 0.243 e. The zero-order chi connectivity index (χ0) is 10.8. The number of hydrogen-bond donors (Lipinski definition) is 1. The Morgan fingerprint density at radius 1 is 1.57 bits per heavy atom. The van der Waals surface area contributed by atoms with Crippen LogP contribution in [0, 0.1) is 6.92 Å². The third-order valence-corrected chi connectivity index (χ3v) is 3.78. The molecule has 0 radical (unpaired) electrons. The zero-order valence-electron chi connectivity index (χ0n) is 7.91. The van der Waals surface area contributed by atoms with E-state index in [0.29, 0.717) is 12.1 Å². The van der Waals surface area contributed by atoms with Gasteiger partial charge in [-0.3, -0.25) is 0 Å². The van der Waals surface area contributed by atoms with Crippen molar-refractivity contribution in [2.75, 3.05) is 6.54 Å². The van der Waals surface area contributed by atoms with Crippen LogP contribution in [0.4, 0.5) is 0 Å². The van der Waals surface area contributed by atoms with Gasteiger partial charge in [-0.05, 0) is 18.6 Å². The number of halogens is 1. The second-order valence-electron chi connectivity index (χ2n) is 2.75. The number of aryl methyl sites for hydroxylation is 1. The normalized spacial score (nSPS) is 11.6. The molecule has 0 fully saturated rings. The number of rotatable bonds is 3. The monoisotopic (exact) mass is 234 g/mol. The summed E-state index contributed by atoms with van der Waals surface area (Å²) < 4.78 is 25.6. The second kappa shape index (κ2) is 4.25. The van der Waals surface area contributed by atoms with Crippen molar-refractivity contribution in [1.82, 2.24) is 9.71 Å². The summed E-state index contributed by atoms with van der Waals surface area (Å²) in [4.78, 5) is 3.79. The number of nitrogens with one attached hydrogen (secondary N) is 1. The summed E-state index contributed by atoms with van der Waals surface area (Å²) in [6.07, 6.45) is 1.47. The first-order valence-corrected chi connectivity index (χ1v) is 5.96. The van der Waals surface area contributed by atoms with Crippen LogP contribution in [0.5, 0.6) is 0 Å². The Bertz CT molecular complexity index is 411. The van der Waals surface area contributed by atoms with Crippen LogP contribution < -0.4 is 4.72 Å². The first-order chi connectivity index (χ1) is 6.49. The third-order valence-electron chi connectivity index (χ3n) is 1.66. The van der Waals surface area contributed by atoms with E-state index in [2.05, 4.69) is 9.71 Å². The van der Waals surface area contributed by atoms with Crippen LogP contribution in [0.2, 0.25) is 5.15 Å². The van der Waals surface area contributed by atoms with Crippen LogP contribution in [0.25, 0.3) is 0 Å². The highest BCUT2D eigenvalue weighted by Crippen LogP contribution is 2.21. The van der Waals surface area contributed by atoms with E-state index in [1.54, 1.807) is 19.9 Å². The summed E-state index contributed by atoms with van der Waals surface area (Å²) in [5, 5.41) is 0.00551. The molecule has 0 spiro atoms. The fourth-order valence-electron chi connectivity index (χ4n) is 1.10. The van der Waals surface area contributed by atoms with Gasteiger partial charge in [0.05, 0.1) is 0 Å². The van der Waals surface area contributed by atoms with Crippen molar-refractivity contribution >= 4 is 21.6 Å². The van der Waals surface area contributed by atoms with E-state index in [0.717, 1.165) is 0 Å². The van der Waals surface area contributed by atoms with E-state index < -0.39 is 10.0 Å². The van der Waals surface area contributed by atoms with Gasteiger partial charge in [0.15, 0.2) is 0 Å². The van der Waals surface area contributed by atoms with Crippen LogP contribution in [0.15, 0.2) is 17.2 Å². The molecule has 14 heavy (non-hydrogen) atoms. The molecule has 1 N–H and O–H groups in total. The Balaban J connectivity index is 3.32. The Labute approximate surface area is 88.4 Å². The molecule has 0 atom stereocenters. The number of nitrogens with zero attached hydrogens (tertiary/aromatic N) is 1. The molecule has 0 saturated heterocycles. The van der Waals surface area contributed by atoms with E-state index in [4.69, 9.17) is 11.6 Å². The molecule has 0 aromatic carbocycles. The van der Waals surface area contributed by atoms with Crippen LogP contribution in [-0.2, 0) is 10.0 Å². The average molecular weight is 235 g/mol. The number of pyridine rings is 1. The van der Waals surface area contributed by atoms with E-state index in [9.17, 15) is 8.42 Å². The Morgan fingerprint density at radius 3 is 2.71 bits per heavy atom. The van der Waals surface area contributed by atoms with Gasteiger partial charge in [0.25, 0.3) is 0 Å². The highest BCUT2D eigenvalue weighted by Gasteiger charge is 2.19. The number of aromatic nitrogens is 1. The minimum atomic E-state index is -3.52. The maximum Gasteiger partial charge on any atom is 0.243 e. The average Bonchev–Trinajstić information content (AvgIpc) is 2.02. The van der Waals surface area contributed by atoms with Crippen molar-refractivity contribution in [2.45, 2.75) is 18.7 Å². The molecular formula is C8H11ClN2O2S. The fraction of sp³-hybridized carbons (Fsp3) is 0.375. The lowest BCUT2D eigenvalue weighted by molar-refractivity contribution is 0.583. The van der Waals surface area contributed by atoms with Gasteiger partial charge in [-0.25, -0.2) is 18.1 Å². The molecule has 0 unspecified atom stereocenters. The molecule has 0 aliphatic carbocycles. The highest BCUT2D eigenvalue weighted by atomic mass is 35.5. The van der Waals surface area contributed by atoms with Crippen LogP contribution in [0.1, 0.15) is 12.5 Å². The van der Waals surface area contributed by atoms with Gasteiger partial charge >= 0.3 is 0 Å². The second-order valence-corrected chi connectivity index (χ2v) is 4.81. The predicted molar refractivity (Wildman–Crippen MR) is 54.8 cm³/mol. The van der Waals surface area contributed by atoms with Crippen LogP contribution in [0.3, 0.4) is 0 Å². The Morgan fingerprint density at radius 2 is 2.21 bits per heavy atom. The number of hydrogen-bond acceptors (Lipinski definition) is 3. The van der Waals surface area contributed by atoms with Crippen LogP contribution in [-0.4, -0.2) is 19.9 Å². The zero-order valence-corrected chi connectivity index (χ0v) is 9.48. The molecule has 1 heterocycles. The fourth-order valence-corrected chi connectivity index (χ4v) is 2.90. The van der Waals surface area contributed by atoms with Gasteiger partial charge in [-0.2, -0.15) is 0 Å². The molecule has 0 amide bonds. The third kappa shape index (κ3) is 2.23. The van der Waals surface area contributed by atoms with Crippen LogP contribution >= 0.6 is 11.6 Å². The van der Waals surface area contributed by atoms with Crippen molar-refractivity contribution in [3.05, 3.63) is 23.0 Å². The molecule has 0 aliphatic heterocycles. The minimum Gasteiger partial charge on any atom is -0.243 e. The molecule has 0 aliphatic rings. The van der Waals surface area contributed by atoms with Crippen molar-refractivity contribution < 1.29 is 8.42 Å². The molecule has 0 saturated carbocycles. The minimum absolute atomic E-state index is 0.00551. The van der Waals surface area contributed by atoms with E-state index in [1.807, 2.05) is 0 Å². The van der Waals surface area contributed by atoms with Crippen molar-refractivity contribution in [2.24, 2.45) is 0 Å². The molecule has 1 rings (SSSR count). The topological polar surface area (TPSA) is 59.1 Å². The molecule has 0 bridgehead atoms. The van der Waals surface area contributed by atoms with E-state index in [1.165, 1.54) is 6.20 Å². The summed E-state index contributed by atoms with van der Waals surface area (Å²) in [5.41, 5.74) is 0.589. The standard InChI is InChI=1S/C8H11ClN2O2S/c1-3-11-14(12,13)7-6(2)4-5-10-8(7)9/h4-5,11H,3H2,1-2H3. The number of sulfonamides is 1. The maximum atomic E-state index is 11.6. The first-order valence-electron chi connectivity index (χ1n) is 4.10. The molecular weight excluding hydrogens is 224 g/mol. The molecule has 1 aromatic rings. The Hall–Kier alpha value is -0.650. The summed E-state index contributed by atoms with van der Waals surface area (Å²) in [5.74, 6) is 0. The first kappa shape index (κ1) is 11.4. The maximum absolute atomic E-state index is 11.6. The largest absolute Gasteiger partial charge is 0.243 e. The van der Waals surface area contributed by atoms with Crippen molar-refractivity contribution in [1.29, 1.82) is 0 Å². The lowest BCUT2D eigenvalue weighted by Gasteiger charge is -2.08. The lowest BCUT2D eigenvalue weighted by atomic mass is 10.3. The van der Waals surface area contributed by atoms with Crippen molar-refractivity contribution in [3.63, 3.8) is 0 Å². The van der Waals surface area contributed by atoms with Gasteiger partial charge in [0.2, 0.25) is 10.0 Å². The summed E-state index contributed by atoms with van der Waals surface area (Å²) in [6, 6.07) is 1.61. The molecule has 6 heteroatoms. The van der Waals surface area contributed by atoms with Gasteiger partial charge < -0.3 is 0 Å². The summed E-state index contributed by atoms with van der Waals surface area (Å²) >= 11 is 5.72. The Kier molecular flexibility index (Phi) is 3.47. The SMILES string of the molecule is CCNS(=O)(=O)c1c(C)ccnc1Cl.